The zero-order valence-corrected chi connectivity index (χ0v) is 14.6. The van der Waals surface area contributed by atoms with Crippen LogP contribution in [0.1, 0.15) is 41.7 Å². The maximum atomic E-state index is 12.5. The molecule has 0 unspecified atom stereocenters. The summed E-state index contributed by atoms with van der Waals surface area (Å²) in [6.07, 6.45) is 6.33. The molecule has 124 valence electrons. The van der Waals surface area contributed by atoms with Crippen LogP contribution in [0.15, 0.2) is 0 Å². The Balaban J connectivity index is 1.84. The first-order chi connectivity index (χ1) is 10.9. The Hall–Kier alpha value is -1.43. The van der Waals surface area contributed by atoms with Crippen LogP contribution in [-0.2, 0) is 27.7 Å². The van der Waals surface area contributed by atoms with Crippen LogP contribution in [0.4, 0.5) is 5.00 Å². The summed E-state index contributed by atoms with van der Waals surface area (Å²) >= 11 is 1.46. The molecule has 1 atom stereocenters. The molecule has 0 bridgehead atoms. The largest absolute Gasteiger partial charge is 0.315 e. The fourth-order valence-electron chi connectivity index (χ4n) is 3.37. The van der Waals surface area contributed by atoms with Gasteiger partial charge in [0, 0.05) is 11.4 Å². The smallest absolute Gasteiger partial charge is 0.243 e. The average Bonchev–Trinajstić information content (AvgIpc) is 3.10. The summed E-state index contributed by atoms with van der Waals surface area (Å²) in [5.74, 6) is -0.331. The summed E-state index contributed by atoms with van der Waals surface area (Å²) in [6, 6.07) is 1.53. The van der Waals surface area contributed by atoms with Crippen molar-refractivity contribution in [2.75, 3.05) is 18.1 Å². The molecule has 0 spiro atoms. The fourth-order valence-corrected chi connectivity index (χ4v) is 5.73. The Morgan fingerprint density at radius 1 is 1.35 bits per heavy atom. The van der Waals surface area contributed by atoms with Crippen molar-refractivity contribution in [3.8, 4) is 6.07 Å². The molecular weight excluding hydrogens is 334 g/mol. The van der Waals surface area contributed by atoms with Gasteiger partial charge in [-0.05, 0) is 44.1 Å². The fraction of sp³-hybridized carbons (Fsp3) is 0.600. The van der Waals surface area contributed by atoms with E-state index in [1.54, 1.807) is 0 Å². The SMILES string of the molecule is CS(=O)(=O)N1CCC[C@@H]1C(=O)Nc1sc2c(c1C#N)CCCC2. The molecule has 2 aliphatic rings. The van der Waals surface area contributed by atoms with Crippen LogP contribution in [0.5, 0.6) is 0 Å². The molecule has 8 heteroatoms. The summed E-state index contributed by atoms with van der Waals surface area (Å²) in [7, 11) is -3.40. The number of sulfonamides is 1. The van der Waals surface area contributed by atoms with Crippen molar-refractivity contribution in [3.05, 3.63) is 16.0 Å². The van der Waals surface area contributed by atoms with E-state index >= 15 is 0 Å². The molecule has 1 aromatic rings. The van der Waals surface area contributed by atoms with Crippen molar-refractivity contribution < 1.29 is 13.2 Å². The molecule has 1 N–H and O–H groups in total. The number of carbonyl (C=O) groups excluding carboxylic acids is 1. The van der Waals surface area contributed by atoms with Gasteiger partial charge in [0.2, 0.25) is 15.9 Å². The van der Waals surface area contributed by atoms with E-state index in [1.165, 1.54) is 20.5 Å². The zero-order valence-electron chi connectivity index (χ0n) is 13.0. The highest BCUT2D eigenvalue weighted by Crippen LogP contribution is 2.38. The van der Waals surface area contributed by atoms with Crippen molar-refractivity contribution in [3.63, 3.8) is 0 Å². The predicted octanol–water partition coefficient (Wildman–Crippen LogP) is 1.86. The third-order valence-electron chi connectivity index (χ3n) is 4.45. The van der Waals surface area contributed by atoms with Gasteiger partial charge in [-0.1, -0.05) is 0 Å². The Kier molecular flexibility index (Phi) is 4.45. The van der Waals surface area contributed by atoms with Gasteiger partial charge in [-0.2, -0.15) is 9.57 Å². The topological polar surface area (TPSA) is 90.3 Å². The van der Waals surface area contributed by atoms with Crippen molar-refractivity contribution in [1.82, 2.24) is 4.31 Å². The highest BCUT2D eigenvalue weighted by Gasteiger charge is 2.37. The lowest BCUT2D eigenvalue weighted by Crippen LogP contribution is -2.42. The van der Waals surface area contributed by atoms with Crippen LogP contribution in [0.2, 0.25) is 0 Å². The number of fused-ring (bicyclic) bond motifs is 1. The van der Waals surface area contributed by atoms with E-state index in [4.69, 9.17) is 0 Å². The van der Waals surface area contributed by atoms with Crippen molar-refractivity contribution in [2.24, 2.45) is 0 Å². The van der Waals surface area contributed by atoms with Crippen molar-refractivity contribution in [2.45, 2.75) is 44.6 Å². The standard InChI is InChI=1S/C15H19N3O3S2/c1-23(20,21)18-8-4-6-12(18)14(19)17-15-11(9-16)10-5-2-3-7-13(10)22-15/h12H,2-8H2,1H3,(H,17,19)/t12-/m1/s1. The molecule has 23 heavy (non-hydrogen) atoms. The predicted molar refractivity (Wildman–Crippen MR) is 88.9 cm³/mol. The molecule has 1 aliphatic carbocycles. The number of anilines is 1. The summed E-state index contributed by atoms with van der Waals surface area (Å²) in [4.78, 5) is 13.7. The van der Waals surface area contributed by atoms with Crippen LogP contribution in [0, 0.1) is 11.3 Å². The Labute approximate surface area is 140 Å². The maximum absolute atomic E-state index is 12.5. The summed E-state index contributed by atoms with van der Waals surface area (Å²) in [5.41, 5.74) is 1.62. The molecule has 6 nitrogen and oxygen atoms in total. The van der Waals surface area contributed by atoms with Gasteiger partial charge in [0.15, 0.2) is 0 Å². The van der Waals surface area contributed by atoms with Gasteiger partial charge < -0.3 is 5.32 Å². The molecule has 1 saturated heterocycles. The molecule has 0 radical (unpaired) electrons. The van der Waals surface area contributed by atoms with E-state index in [9.17, 15) is 18.5 Å². The molecule has 3 rings (SSSR count). The number of nitrogens with zero attached hydrogens (tertiary/aromatic N) is 2. The summed E-state index contributed by atoms with van der Waals surface area (Å²) < 4.78 is 24.8. The highest BCUT2D eigenvalue weighted by atomic mass is 32.2. The molecule has 1 fully saturated rings. The lowest BCUT2D eigenvalue weighted by molar-refractivity contribution is -0.119. The molecule has 1 amide bonds. The number of thiophene rings is 1. The minimum atomic E-state index is -3.40. The van der Waals surface area contributed by atoms with E-state index in [-0.39, 0.29) is 5.91 Å². The first-order valence-corrected chi connectivity index (χ1v) is 10.4. The third kappa shape index (κ3) is 3.13. The number of rotatable bonds is 3. The number of carbonyl (C=O) groups is 1. The molecule has 1 aliphatic heterocycles. The highest BCUT2D eigenvalue weighted by molar-refractivity contribution is 7.88. The van der Waals surface area contributed by atoms with Crippen molar-refractivity contribution >= 4 is 32.3 Å². The molecule has 0 saturated carbocycles. The number of nitrogens with one attached hydrogen (secondary N) is 1. The average molecular weight is 353 g/mol. The summed E-state index contributed by atoms with van der Waals surface area (Å²) in [5, 5.41) is 12.8. The van der Waals surface area contributed by atoms with Gasteiger partial charge >= 0.3 is 0 Å². The van der Waals surface area contributed by atoms with Crippen LogP contribution >= 0.6 is 11.3 Å². The lowest BCUT2D eigenvalue weighted by Gasteiger charge is -2.21. The second-order valence-corrected chi connectivity index (χ2v) is 9.09. The Morgan fingerprint density at radius 3 is 2.78 bits per heavy atom. The van der Waals surface area contributed by atoms with E-state index in [1.807, 2.05) is 0 Å². The van der Waals surface area contributed by atoms with Crippen LogP contribution in [0.25, 0.3) is 0 Å². The van der Waals surface area contributed by atoms with E-state index in [0.29, 0.717) is 30.0 Å². The third-order valence-corrected chi connectivity index (χ3v) is 6.95. The van der Waals surface area contributed by atoms with Crippen LogP contribution < -0.4 is 5.32 Å². The monoisotopic (exact) mass is 353 g/mol. The Morgan fingerprint density at radius 2 is 2.09 bits per heavy atom. The maximum Gasteiger partial charge on any atom is 0.243 e. The lowest BCUT2D eigenvalue weighted by atomic mass is 9.96. The second-order valence-electron chi connectivity index (χ2n) is 6.05. The molecule has 1 aromatic heterocycles. The number of nitriles is 1. The van der Waals surface area contributed by atoms with Gasteiger partial charge in [-0.3, -0.25) is 4.79 Å². The van der Waals surface area contributed by atoms with Crippen molar-refractivity contribution in [1.29, 1.82) is 5.26 Å². The van der Waals surface area contributed by atoms with E-state index in [2.05, 4.69) is 11.4 Å². The first-order valence-electron chi connectivity index (χ1n) is 7.74. The first kappa shape index (κ1) is 16.4. The molecule has 2 heterocycles. The van der Waals surface area contributed by atoms with Gasteiger partial charge in [0.25, 0.3) is 0 Å². The van der Waals surface area contributed by atoms with Gasteiger partial charge in [-0.15, -0.1) is 11.3 Å². The molecular formula is C15H19N3O3S2. The quantitative estimate of drug-likeness (QED) is 0.898. The van der Waals surface area contributed by atoms with E-state index < -0.39 is 16.1 Å². The Bertz CT molecular complexity index is 777. The summed E-state index contributed by atoms with van der Waals surface area (Å²) in [6.45, 7) is 0.378. The number of hydrogen-bond donors (Lipinski definition) is 1. The number of amides is 1. The normalized spacial score (nSPS) is 21.7. The minimum Gasteiger partial charge on any atom is -0.315 e. The van der Waals surface area contributed by atoms with Crippen LogP contribution in [-0.4, -0.2) is 37.5 Å². The minimum absolute atomic E-state index is 0.331. The molecule has 0 aromatic carbocycles. The van der Waals surface area contributed by atoms with Gasteiger partial charge in [0.1, 0.15) is 17.1 Å². The number of aryl methyl sites for hydroxylation is 1. The van der Waals surface area contributed by atoms with Crippen LogP contribution in [0.3, 0.4) is 0 Å². The zero-order chi connectivity index (χ0) is 16.6. The van der Waals surface area contributed by atoms with Gasteiger partial charge in [-0.25, -0.2) is 8.42 Å². The van der Waals surface area contributed by atoms with Gasteiger partial charge in [0.05, 0.1) is 11.8 Å². The number of hydrogen-bond acceptors (Lipinski definition) is 5. The van der Waals surface area contributed by atoms with E-state index in [0.717, 1.165) is 37.5 Å². The second kappa shape index (κ2) is 6.23.